The molecule has 2 aromatic heterocycles. The number of carbonyl (C=O) groups excluding carboxylic acids is 1. The molecule has 0 aliphatic rings. The SMILES string of the molecule is CC(=O)Nc1nc2ccc(-c3nnc(NS(=O)(=O)c4ccc(F)cc4)o3)cc2s1. The van der Waals surface area contributed by atoms with E-state index in [9.17, 15) is 17.6 Å². The third-order valence-corrected chi connectivity index (χ3v) is 5.96. The summed E-state index contributed by atoms with van der Waals surface area (Å²) in [4.78, 5) is 15.3. The Labute approximate surface area is 167 Å². The van der Waals surface area contributed by atoms with Gasteiger partial charge in [0.05, 0.1) is 15.1 Å². The van der Waals surface area contributed by atoms with Crippen LogP contribution in [0.5, 0.6) is 0 Å². The van der Waals surface area contributed by atoms with Gasteiger partial charge in [0.25, 0.3) is 10.0 Å². The predicted octanol–water partition coefficient (Wildman–Crippen LogP) is 3.24. The maximum Gasteiger partial charge on any atom is 0.330 e. The predicted molar refractivity (Wildman–Crippen MR) is 104 cm³/mol. The number of halogens is 1. The zero-order chi connectivity index (χ0) is 20.6. The summed E-state index contributed by atoms with van der Waals surface area (Å²) in [6.45, 7) is 1.39. The first-order valence-corrected chi connectivity index (χ1v) is 10.4. The zero-order valence-electron chi connectivity index (χ0n) is 14.7. The third-order valence-electron chi connectivity index (χ3n) is 3.69. The molecule has 1 amide bonds. The van der Waals surface area contributed by atoms with E-state index in [2.05, 4.69) is 25.2 Å². The number of sulfonamides is 1. The van der Waals surface area contributed by atoms with Crippen LogP contribution in [0.15, 0.2) is 51.8 Å². The number of rotatable bonds is 5. The molecule has 0 atom stereocenters. The van der Waals surface area contributed by atoms with Crippen molar-refractivity contribution in [3.05, 3.63) is 48.3 Å². The minimum absolute atomic E-state index is 0.0955. The quantitative estimate of drug-likeness (QED) is 0.494. The van der Waals surface area contributed by atoms with Crippen molar-refractivity contribution in [1.82, 2.24) is 15.2 Å². The number of hydrogen-bond acceptors (Lipinski definition) is 8. The Balaban J connectivity index is 1.58. The van der Waals surface area contributed by atoms with Crippen LogP contribution >= 0.6 is 11.3 Å². The number of aromatic nitrogens is 3. The number of fused-ring (bicyclic) bond motifs is 1. The molecule has 0 saturated heterocycles. The second kappa shape index (κ2) is 7.22. The van der Waals surface area contributed by atoms with Crippen molar-refractivity contribution in [2.24, 2.45) is 0 Å². The number of nitrogens with zero attached hydrogens (tertiary/aromatic N) is 3. The molecule has 2 N–H and O–H groups in total. The van der Waals surface area contributed by atoms with Crippen molar-refractivity contribution in [1.29, 1.82) is 0 Å². The number of carbonyl (C=O) groups is 1. The molecule has 148 valence electrons. The van der Waals surface area contributed by atoms with Crippen molar-refractivity contribution in [3.8, 4) is 11.5 Å². The summed E-state index contributed by atoms with van der Waals surface area (Å²) in [5, 5.41) is 10.6. The van der Waals surface area contributed by atoms with E-state index in [1.54, 1.807) is 18.2 Å². The number of hydrogen-bond donors (Lipinski definition) is 2. The van der Waals surface area contributed by atoms with Crippen LogP contribution in [0.3, 0.4) is 0 Å². The molecule has 9 nitrogen and oxygen atoms in total. The van der Waals surface area contributed by atoms with E-state index in [0.717, 1.165) is 29.0 Å². The van der Waals surface area contributed by atoms with Gasteiger partial charge in [-0.15, -0.1) is 5.10 Å². The number of benzene rings is 2. The Kier molecular flexibility index (Phi) is 4.72. The smallest absolute Gasteiger partial charge is 0.330 e. The van der Waals surface area contributed by atoms with E-state index in [0.29, 0.717) is 16.2 Å². The van der Waals surface area contributed by atoms with Gasteiger partial charge in [0.1, 0.15) is 5.82 Å². The van der Waals surface area contributed by atoms with Crippen LogP contribution in [0.4, 0.5) is 15.5 Å². The molecule has 0 fully saturated rings. The van der Waals surface area contributed by atoms with Gasteiger partial charge in [-0.05, 0) is 42.5 Å². The highest BCUT2D eigenvalue weighted by Gasteiger charge is 2.19. The van der Waals surface area contributed by atoms with Crippen LogP contribution in [-0.2, 0) is 14.8 Å². The van der Waals surface area contributed by atoms with Gasteiger partial charge in [-0.2, -0.15) is 0 Å². The van der Waals surface area contributed by atoms with Gasteiger partial charge >= 0.3 is 6.01 Å². The lowest BCUT2D eigenvalue weighted by Gasteiger charge is -2.03. The molecule has 29 heavy (non-hydrogen) atoms. The Morgan fingerprint density at radius 2 is 1.90 bits per heavy atom. The second-order valence-corrected chi connectivity index (χ2v) is 8.57. The standard InChI is InChI=1S/C17H12FN5O4S2/c1-9(24)19-17-20-13-7-2-10(8-14(13)28-17)15-21-22-16(27-15)23-29(25,26)12-5-3-11(18)4-6-12/h2-8H,1H3,(H,22,23)(H,19,20,24). The summed E-state index contributed by atoms with van der Waals surface area (Å²) < 4.78 is 46.0. The molecule has 0 radical (unpaired) electrons. The minimum atomic E-state index is -4.00. The van der Waals surface area contributed by atoms with Crippen molar-refractivity contribution in [3.63, 3.8) is 0 Å². The fraction of sp³-hybridized carbons (Fsp3) is 0.0588. The van der Waals surface area contributed by atoms with Crippen LogP contribution in [0.25, 0.3) is 21.7 Å². The lowest BCUT2D eigenvalue weighted by Crippen LogP contribution is -2.13. The second-order valence-electron chi connectivity index (χ2n) is 5.85. The monoisotopic (exact) mass is 433 g/mol. The first-order chi connectivity index (χ1) is 13.8. The minimum Gasteiger partial charge on any atom is -0.403 e. The van der Waals surface area contributed by atoms with Crippen molar-refractivity contribution < 1.29 is 22.0 Å². The highest BCUT2D eigenvalue weighted by Crippen LogP contribution is 2.30. The lowest BCUT2D eigenvalue weighted by molar-refractivity contribution is -0.114. The van der Waals surface area contributed by atoms with Gasteiger partial charge < -0.3 is 9.73 Å². The number of thiazole rings is 1. The summed E-state index contributed by atoms with van der Waals surface area (Å²) >= 11 is 1.27. The highest BCUT2D eigenvalue weighted by atomic mass is 32.2. The molecule has 0 saturated carbocycles. The first-order valence-electron chi connectivity index (χ1n) is 8.11. The summed E-state index contributed by atoms with van der Waals surface area (Å²) in [6, 6.07) is 9.14. The van der Waals surface area contributed by atoms with Gasteiger partial charge in [0.15, 0.2) is 5.13 Å². The van der Waals surface area contributed by atoms with Crippen LogP contribution in [0.1, 0.15) is 6.92 Å². The van der Waals surface area contributed by atoms with Crippen LogP contribution < -0.4 is 10.0 Å². The summed E-state index contributed by atoms with van der Waals surface area (Å²) in [6.07, 6.45) is 0. The molecule has 0 unspecified atom stereocenters. The molecule has 0 spiro atoms. The molecule has 0 aliphatic carbocycles. The molecule has 4 rings (SSSR count). The van der Waals surface area contributed by atoms with Gasteiger partial charge in [0.2, 0.25) is 11.8 Å². The van der Waals surface area contributed by atoms with Crippen molar-refractivity contribution in [2.75, 3.05) is 10.0 Å². The molecule has 2 heterocycles. The topological polar surface area (TPSA) is 127 Å². The molecule has 0 aliphatic heterocycles. The van der Waals surface area contributed by atoms with E-state index in [1.807, 2.05) is 0 Å². The van der Waals surface area contributed by atoms with Gasteiger partial charge in [-0.25, -0.2) is 22.5 Å². The molecule has 12 heteroatoms. The fourth-order valence-corrected chi connectivity index (χ4v) is 4.31. The Hall–Kier alpha value is -3.38. The van der Waals surface area contributed by atoms with E-state index < -0.39 is 15.8 Å². The summed E-state index contributed by atoms with van der Waals surface area (Å²) in [7, 11) is -4.00. The van der Waals surface area contributed by atoms with Crippen molar-refractivity contribution >= 4 is 48.6 Å². The van der Waals surface area contributed by atoms with Gasteiger partial charge in [0, 0.05) is 12.5 Å². The van der Waals surface area contributed by atoms with Crippen LogP contribution in [-0.4, -0.2) is 29.5 Å². The summed E-state index contributed by atoms with van der Waals surface area (Å²) in [5.74, 6) is -0.679. The van der Waals surface area contributed by atoms with Crippen LogP contribution in [0.2, 0.25) is 0 Å². The Morgan fingerprint density at radius 3 is 2.62 bits per heavy atom. The number of nitrogens with one attached hydrogen (secondary N) is 2. The highest BCUT2D eigenvalue weighted by molar-refractivity contribution is 7.92. The van der Waals surface area contributed by atoms with Crippen LogP contribution in [0, 0.1) is 5.82 Å². The molecule has 2 aromatic carbocycles. The summed E-state index contributed by atoms with van der Waals surface area (Å²) in [5.41, 5.74) is 1.23. The van der Waals surface area contributed by atoms with E-state index in [1.165, 1.54) is 18.3 Å². The Bertz CT molecular complexity index is 1320. The molecular weight excluding hydrogens is 421 g/mol. The van der Waals surface area contributed by atoms with Gasteiger partial charge in [-0.3, -0.25) is 4.79 Å². The first kappa shape index (κ1) is 19.0. The average Bonchev–Trinajstić information content (AvgIpc) is 3.26. The zero-order valence-corrected chi connectivity index (χ0v) is 16.3. The maximum absolute atomic E-state index is 13.0. The molecule has 0 bridgehead atoms. The lowest BCUT2D eigenvalue weighted by atomic mass is 10.2. The Morgan fingerprint density at radius 1 is 1.14 bits per heavy atom. The fourth-order valence-electron chi connectivity index (χ4n) is 2.43. The van der Waals surface area contributed by atoms with E-state index >= 15 is 0 Å². The average molecular weight is 433 g/mol. The molecular formula is C17H12FN5O4S2. The number of amides is 1. The van der Waals surface area contributed by atoms with E-state index in [4.69, 9.17) is 4.42 Å². The third kappa shape index (κ3) is 4.07. The number of anilines is 2. The van der Waals surface area contributed by atoms with E-state index in [-0.39, 0.29) is 22.7 Å². The largest absolute Gasteiger partial charge is 0.403 e. The normalized spacial score (nSPS) is 11.5. The maximum atomic E-state index is 13.0. The van der Waals surface area contributed by atoms with Crippen molar-refractivity contribution in [2.45, 2.75) is 11.8 Å². The van der Waals surface area contributed by atoms with Gasteiger partial charge in [-0.1, -0.05) is 16.4 Å². The molecule has 4 aromatic rings.